The molecule has 0 bridgehead atoms. The van der Waals surface area contributed by atoms with Crippen LogP contribution in [0.3, 0.4) is 0 Å². The molecule has 30 heavy (non-hydrogen) atoms. The summed E-state index contributed by atoms with van der Waals surface area (Å²) in [5.74, 6) is 0.391. The molecule has 0 atom stereocenters. The van der Waals surface area contributed by atoms with Crippen molar-refractivity contribution in [2.24, 2.45) is 0 Å². The lowest BCUT2D eigenvalue weighted by molar-refractivity contribution is 0.241. The molecule has 0 fully saturated rings. The minimum absolute atomic E-state index is 0.0264. The minimum atomic E-state index is -0.570. The Morgan fingerprint density at radius 2 is 1.70 bits per heavy atom. The van der Waals surface area contributed by atoms with Crippen LogP contribution < -0.4 is 14.2 Å². The topological polar surface area (TPSA) is 56.4 Å². The fraction of sp³-hybridized carbons (Fsp3) is 0.409. The third-order valence-corrected chi connectivity index (χ3v) is 5.44. The number of hydrogen-bond donors (Lipinski definition) is 1. The van der Waals surface area contributed by atoms with Crippen LogP contribution in [0.4, 0.5) is 4.39 Å². The zero-order valence-corrected chi connectivity index (χ0v) is 18.8. The van der Waals surface area contributed by atoms with Crippen molar-refractivity contribution in [2.45, 2.75) is 39.5 Å². The molecular weight excluding hydrogens is 430 g/mol. The first-order valence-electron chi connectivity index (χ1n) is 10.0. The Kier molecular flexibility index (Phi) is 7.67. The van der Waals surface area contributed by atoms with E-state index in [9.17, 15) is 0 Å². The second kappa shape index (κ2) is 10.2. The number of hydrogen-bond acceptors (Lipinski definition) is 4. The lowest BCUT2D eigenvalue weighted by Crippen LogP contribution is -2.07. The maximum absolute atomic E-state index is 15.6. The van der Waals surface area contributed by atoms with Crippen LogP contribution in [0.15, 0.2) is 18.2 Å². The highest BCUT2D eigenvalue weighted by atomic mass is 35.5. The van der Waals surface area contributed by atoms with E-state index in [4.69, 9.17) is 37.4 Å². The number of ether oxygens (including phenoxy) is 3. The number of nitrogens with one attached hydrogen (secondary N) is 1. The summed E-state index contributed by atoms with van der Waals surface area (Å²) in [6, 6.07) is 4.96. The van der Waals surface area contributed by atoms with E-state index in [-0.39, 0.29) is 17.1 Å². The van der Waals surface area contributed by atoms with Crippen LogP contribution in [0.25, 0.3) is 22.4 Å². The Morgan fingerprint density at radius 3 is 2.33 bits per heavy atom. The molecule has 0 saturated carbocycles. The number of nitrogens with zero attached hydrogens (tertiary/aromatic N) is 1. The Labute approximate surface area is 185 Å². The van der Waals surface area contributed by atoms with Crippen molar-refractivity contribution in [3.8, 4) is 28.6 Å². The molecule has 3 rings (SSSR count). The van der Waals surface area contributed by atoms with E-state index in [1.54, 1.807) is 18.2 Å². The minimum Gasteiger partial charge on any atom is -0.493 e. The fourth-order valence-corrected chi connectivity index (χ4v) is 3.33. The number of fused-ring (bicyclic) bond motifs is 1. The number of imidazole rings is 1. The molecule has 2 aromatic carbocycles. The normalized spacial score (nSPS) is 11.1. The molecule has 8 heteroatoms. The molecule has 0 unspecified atom stereocenters. The zero-order valence-electron chi connectivity index (χ0n) is 17.3. The molecule has 5 nitrogen and oxygen atoms in total. The first-order valence-corrected chi connectivity index (χ1v) is 10.8. The highest BCUT2D eigenvalue weighted by Gasteiger charge is 2.25. The second-order valence-electron chi connectivity index (χ2n) is 6.85. The predicted octanol–water partition coefficient (Wildman–Crippen LogP) is 7.04. The van der Waals surface area contributed by atoms with Gasteiger partial charge in [0.1, 0.15) is 11.3 Å². The molecule has 0 spiro atoms. The van der Waals surface area contributed by atoms with E-state index >= 15 is 4.39 Å². The van der Waals surface area contributed by atoms with Crippen LogP contribution in [0.1, 0.15) is 39.5 Å². The van der Waals surface area contributed by atoms with Crippen LogP contribution in [0, 0.1) is 5.82 Å². The van der Waals surface area contributed by atoms with Crippen molar-refractivity contribution < 1.29 is 18.6 Å². The van der Waals surface area contributed by atoms with Crippen molar-refractivity contribution >= 4 is 34.2 Å². The molecule has 0 aliphatic carbocycles. The number of unbranched alkanes of at least 4 members (excludes halogenated alkanes) is 2. The molecule has 0 aliphatic rings. The summed E-state index contributed by atoms with van der Waals surface area (Å²) in [6.07, 6.45) is 3.51. The Hall–Kier alpha value is -2.18. The zero-order chi connectivity index (χ0) is 21.7. The number of rotatable bonds is 10. The van der Waals surface area contributed by atoms with E-state index in [1.165, 1.54) is 7.11 Å². The van der Waals surface area contributed by atoms with Gasteiger partial charge in [0.05, 0.1) is 41.4 Å². The monoisotopic (exact) mass is 454 g/mol. The van der Waals surface area contributed by atoms with E-state index in [0.717, 1.165) is 25.7 Å². The van der Waals surface area contributed by atoms with Crippen LogP contribution in [-0.2, 0) is 0 Å². The maximum Gasteiger partial charge on any atom is 0.206 e. The predicted molar refractivity (Wildman–Crippen MR) is 119 cm³/mol. The van der Waals surface area contributed by atoms with E-state index < -0.39 is 5.82 Å². The van der Waals surface area contributed by atoms with Gasteiger partial charge in [0, 0.05) is 0 Å². The van der Waals surface area contributed by atoms with Crippen molar-refractivity contribution in [2.75, 3.05) is 20.3 Å². The van der Waals surface area contributed by atoms with Gasteiger partial charge in [-0.2, -0.15) is 0 Å². The summed E-state index contributed by atoms with van der Waals surface area (Å²) < 4.78 is 32.7. The highest BCUT2D eigenvalue weighted by molar-refractivity contribution is 6.44. The number of aromatic nitrogens is 2. The summed E-state index contributed by atoms with van der Waals surface area (Å²) in [6.45, 7) is 4.90. The third-order valence-electron chi connectivity index (χ3n) is 4.65. The Morgan fingerprint density at radius 1 is 1.03 bits per heavy atom. The summed E-state index contributed by atoms with van der Waals surface area (Å²) in [5, 5.41) is 0.687. The number of benzene rings is 2. The van der Waals surface area contributed by atoms with Gasteiger partial charge in [-0.05, 0) is 31.0 Å². The van der Waals surface area contributed by atoms with Gasteiger partial charge in [-0.25, -0.2) is 9.37 Å². The lowest BCUT2D eigenvalue weighted by atomic mass is 10.1. The van der Waals surface area contributed by atoms with Gasteiger partial charge in [0.25, 0.3) is 0 Å². The van der Waals surface area contributed by atoms with Gasteiger partial charge in [-0.3, -0.25) is 0 Å². The summed E-state index contributed by atoms with van der Waals surface area (Å²) in [4.78, 5) is 7.55. The summed E-state index contributed by atoms with van der Waals surface area (Å²) in [5.41, 5.74) is 1.31. The first-order chi connectivity index (χ1) is 14.5. The van der Waals surface area contributed by atoms with Crippen LogP contribution in [0.5, 0.6) is 17.2 Å². The fourth-order valence-electron chi connectivity index (χ4n) is 2.97. The van der Waals surface area contributed by atoms with Gasteiger partial charge in [-0.1, -0.05) is 49.9 Å². The Bertz CT molecular complexity index is 1020. The van der Waals surface area contributed by atoms with E-state index in [1.807, 2.05) is 6.92 Å². The molecule has 162 valence electrons. The van der Waals surface area contributed by atoms with Gasteiger partial charge in [-0.15, -0.1) is 0 Å². The average Bonchev–Trinajstić information content (AvgIpc) is 3.18. The standard InChI is InChI=1S/C22H25Cl2FN2O3/c1-4-6-10-29-20-16(28-3)12-13(18(25)21(20)30-11-7-5-2)22-26-15-9-8-14(23)17(24)19(15)27-22/h8-9,12H,4-7,10-11H2,1-3H3,(H,26,27). The summed E-state index contributed by atoms with van der Waals surface area (Å²) >= 11 is 12.3. The van der Waals surface area contributed by atoms with E-state index in [0.29, 0.717) is 45.9 Å². The Balaban J connectivity index is 2.12. The van der Waals surface area contributed by atoms with Crippen LogP contribution in [0.2, 0.25) is 10.0 Å². The third kappa shape index (κ3) is 4.60. The number of aromatic amines is 1. The first kappa shape index (κ1) is 22.5. The van der Waals surface area contributed by atoms with Gasteiger partial charge < -0.3 is 19.2 Å². The molecule has 3 aromatic rings. The SMILES string of the molecule is CCCCOc1c(OC)cc(-c2nc3c(Cl)c(Cl)ccc3[nH]2)c(F)c1OCCCC. The smallest absolute Gasteiger partial charge is 0.206 e. The van der Waals surface area contributed by atoms with Crippen LogP contribution in [-0.4, -0.2) is 30.3 Å². The number of halogens is 3. The van der Waals surface area contributed by atoms with E-state index in [2.05, 4.69) is 16.9 Å². The lowest BCUT2D eigenvalue weighted by Gasteiger charge is -2.18. The summed E-state index contributed by atoms with van der Waals surface area (Å²) in [7, 11) is 1.51. The molecule has 0 amide bonds. The molecule has 1 aromatic heterocycles. The van der Waals surface area contributed by atoms with Crippen molar-refractivity contribution in [3.05, 3.63) is 34.1 Å². The molecular formula is C22H25Cl2FN2O3. The average molecular weight is 455 g/mol. The maximum atomic E-state index is 15.6. The molecule has 0 aliphatic heterocycles. The number of methoxy groups -OCH3 is 1. The van der Waals surface area contributed by atoms with Crippen molar-refractivity contribution in [3.63, 3.8) is 0 Å². The van der Waals surface area contributed by atoms with Gasteiger partial charge >= 0.3 is 0 Å². The second-order valence-corrected chi connectivity index (χ2v) is 7.63. The molecule has 0 radical (unpaired) electrons. The quantitative estimate of drug-likeness (QED) is 0.333. The van der Waals surface area contributed by atoms with Crippen molar-refractivity contribution in [1.82, 2.24) is 9.97 Å². The van der Waals surface area contributed by atoms with Crippen LogP contribution >= 0.6 is 23.2 Å². The highest BCUT2D eigenvalue weighted by Crippen LogP contribution is 2.45. The molecule has 1 N–H and O–H groups in total. The van der Waals surface area contributed by atoms with Gasteiger partial charge in [0.2, 0.25) is 11.5 Å². The molecule has 0 saturated heterocycles. The largest absolute Gasteiger partial charge is 0.493 e. The van der Waals surface area contributed by atoms with Crippen molar-refractivity contribution in [1.29, 1.82) is 0 Å². The molecule has 1 heterocycles. The number of H-pyrrole nitrogens is 1. The van der Waals surface area contributed by atoms with Gasteiger partial charge in [0.15, 0.2) is 11.6 Å².